The highest BCUT2D eigenvalue weighted by Gasteiger charge is 2.23. The Morgan fingerprint density at radius 2 is 1.89 bits per heavy atom. The summed E-state index contributed by atoms with van der Waals surface area (Å²) in [7, 11) is 0. The molecule has 1 heterocycles. The molecule has 0 spiro atoms. The van der Waals surface area contributed by atoms with Crippen molar-refractivity contribution in [3.8, 4) is 0 Å². The fourth-order valence-electron chi connectivity index (χ4n) is 2.24. The topological polar surface area (TPSA) is 32.5 Å². The molecule has 0 radical (unpaired) electrons. The van der Waals surface area contributed by atoms with Gasteiger partial charge in [-0.1, -0.05) is 24.4 Å². The lowest BCUT2D eigenvalue weighted by atomic mass is 10.2. The molecule has 1 atom stereocenters. The molecule has 0 amide bonds. The van der Waals surface area contributed by atoms with Crippen molar-refractivity contribution in [3.05, 3.63) is 30.1 Å². The van der Waals surface area contributed by atoms with E-state index in [4.69, 9.17) is 18.0 Å². The Labute approximate surface area is 112 Å². The summed E-state index contributed by atoms with van der Waals surface area (Å²) in [5.74, 6) is -0.159. The van der Waals surface area contributed by atoms with Crippen LogP contribution in [0.1, 0.15) is 6.92 Å². The van der Waals surface area contributed by atoms with Gasteiger partial charge in [-0.15, -0.1) is 0 Å². The minimum atomic E-state index is -0.159. The van der Waals surface area contributed by atoms with Crippen LogP contribution in [0.15, 0.2) is 24.3 Å². The molecule has 5 heteroatoms. The molecule has 0 saturated carbocycles. The Kier molecular flexibility index (Phi) is 4.14. The highest BCUT2D eigenvalue weighted by Crippen LogP contribution is 2.20. The fraction of sp³-hybridized carbons (Fsp3) is 0.462. The van der Waals surface area contributed by atoms with Crippen LogP contribution in [0.4, 0.5) is 10.1 Å². The SMILES string of the molecule is CC(C(N)=S)N1CCN(c2ccccc2F)CC1. The molecule has 0 bridgehead atoms. The van der Waals surface area contributed by atoms with Gasteiger partial charge in [0.05, 0.1) is 16.7 Å². The number of halogens is 1. The van der Waals surface area contributed by atoms with Gasteiger partial charge in [-0.3, -0.25) is 4.90 Å². The third-order valence-corrected chi connectivity index (χ3v) is 3.81. The van der Waals surface area contributed by atoms with Gasteiger partial charge in [0, 0.05) is 26.2 Å². The molecule has 2 rings (SSSR count). The van der Waals surface area contributed by atoms with Crippen molar-refractivity contribution in [2.24, 2.45) is 5.73 Å². The number of hydrogen-bond donors (Lipinski definition) is 1. The summed E-state index contributed by atoms with van der Waals surface area (Å²) >= 11 is 5.01. The number of rotatable bonds is 3. The molecule has 0 aromatic heterocycles. The number of hydrogen-bond acceptors (Lipinski definition) is 3. The molecule has 1 aromatic carbocycles. The van der Waals surface area contributed by atoms with Crippen LogP contribution in [0.5, 0.6) is 0 Å². The molecule has 1 saturated heterocycles. The first-order chi connectivity index (χ1) is 8.59. The molecule has 2 N–H and O–H groups in total. The van der Waals surface area contributed by atoms with E-state index in [9.17, 15) is 4.39 Å². The summed E-state index contributed by atoms with van der Waals surface area (Å²) in [5, 5.41) is 0. The van der Waals surface area contributed by atoms with Gasteiger partial charge in [0.25, 0.3) is 0 Å². The van der Waals surface area contributed by atoms with E-state index in [1.165, 1.54) is 6.07 Å². The molecule has 1 unspecified atom stereocenters. The van der Waals surface area contributed by atoms with Crippen LogP contribution >= 0.6 is 12.2 Å². The predicted octanol–water partition coefficient (Wildman–Crippen LogP) is 1.62. The van der Waals surface area contributed by atoms with E-state index in [2.05, 4.69) is 9.80 Å². The Hall–Kier alpha value is -1.20. The Morgan fingerprint density at radius 3 is 2.44 bits per heavy atom. The first-order valence-electron chi connectivity index (χ1n) is 6.12. The van der Waals surface area contributed by atoms with Crippen molar-refractivity contribution in [1.82, 2.24) is 4.90 Å². The van der Waals surface area contributed by atoms with Crippen molar-refractivity contribution >= 4 is 22.9 Å². The number of anilines is 1. The second kappa shape index (κ2) is 5.63. The monoisotopic (exact) mass is 267 g/mol. The molecule has 1 aromatic rings. The zero-order chi connectivity index (χ0) is 13.1. The highest BCUT2D eigenvalue weighted by molar-refractivity contribution is 7.80. The van der Waals surface area contributed by atoms with Gasteiger partial charge in [-0.05, 0) is 19.1 Å². The number of benzene rings is 1. The maximum atomic E-state index is 13.7. The predicted molar refractivity (Wildman–Crippen MR) is 76.4 cm³/mol. The van der Waals surface area contributed by atoms with Crippen LogP contribution in [0.25, 0.3) is 0 Å². The second-order valence-electron chi connectivity index (χ2n) is 4.55. The molecule has 1 aliphatic rings. The zero-order valence-electron chi connectivity index (χ0n) is 10.5. The smallest absolute Gasteiger partial charge is 0.146 e. The number of thiocarbonyl (C=S) groups is 1. The number of nitrogens with two attached hydrogens (primary N) is 1. The highest BCUT2D eigenvalue weighted by atomic mass is 32.1. The van der Waals surface area contributed by atoms with Crippen molar-refractivity contribution in [2.45, 2.75) is 13.0 Å². The van der Waals surface area contributed by atoms with Gasteiger partial charge in [0.1, 0.15) is 5.82 Å². The first kappa shape index (κ1) is 13.2. The van der Waals surface area contributed by atoms with Gasteiger partial charge in [0.2, 0.25) is 0 Å². The largest absolute Gasteiger partial charge is 0.392 e. The maximum Gasteiger partial charge on any atom is 0.146 e. The average Bonchev–Trinajstić information content (AvgIpc) is 2.38. The summed E-state index contributed by atoms with van der Waals surface area (Å²) < 4.78 is 13.7. The average molecular weight is 267 g/mol. The second-order valence-corrected chi connectivity index (χ2v) is 5.02. The lowest BCUT2D eigenvalue weighted by Crippen LogP contribution is -2.52. The van der Waals surface area contributed by atoms with Gasteiger partial charge in [-0.25, -0.2) is 4.39 Å². The summed E-state index contributed by atoms with van der Waals surface area (Å²) in [6.07, 6.45) is 0. The lowest BCUT2D eigenvalue weighted by Gasteiger charge is -2.38. The van der Waals surface area contributed by atoms with Gasteiger partial charge >= 0.3 is 0 Å². The lowest BCUT2D eigenvalue weighted by molar-refractivity contribution is 0.238. The normalized spacial score (nSPS) is 18.7. The summed E-state index contributed by atoms with van der Waals surface area (Å²) in [4.78, 5) is 4.83. The molecule has 1 aliphatic heterocycles. The summed E-state index contributed by atoms with van der Waals surface area (Å²) in [6.45, 7) is 5.32. The van der Waals surface area contributed by atoms with Crippen LogP contribution in [0.2, 0.25) is 0 Å². The summed E-state index contributed by atoms with van der Waals surface area (Å²) in [5.41, 5.74) is 6.33. The van der Waals surface area contributed by atoms with Gasteiger partial charge in [0.15, 0.2) is 0 Å². The van der Waals surface area contributed by atoms with Crippen LogP contribution in [-0.2, 0) is 0 Å². The Bertz CT molecular complexity index is 430. The molecule has 18 heavy (non-hydrogen) atoms. The summed E-state index contributed by atoms with van der Waals surface area (Å²) in [6, 6.07) is 7.01. The van der Waals surface area contributed by atoms with Crippen molar-refractivity contribution in [3.63, 3.8) is 0 Å². The maximum absolute atomic E-state index is 13.7. The Morgan fingerprint density at radius 1 is 1.28 bits per heavy atom. The minimum Gasteiger partial charge on any atom is -0.392 e. The van der Waals surface area contributed by atoms with Crippen molar-refractivity contribution < 1.29 is 4.39 Å². The fourth-order valence-corrected chi connectivity index (χ4v) is 2.39. The molecular formula is C13H18FN3S. The zero-order valence-corrected chi connectivity index (χ0v) is 11.3. The number of piperazine rings is 1. The standard InChI is InChI=1S/C13H18FN3S/c1-10(13(15)18)16-6-8-17(9-7-16)12-5-3-2-4-11(12)14/h2-5,10H,6-9H2,1H3,(H2,15,18). The Balaban J connectivity index is 1.99. The van der Waals surface area contributed by atoms with Crippen LogP contribution in [0.3, 0.4) is 0 Å². The van der Waals surface area contributed by atoms with E-state index in [1.807, 2.05) is 19.1 Å². The molecule has 3 nitrogen and oxygen atoms in total. The van der Waals surface area contributed by atoms with Crippen LogP contribution < -0.4 is 10.6 Å². The van der Waals surface area contributed by atoms with Crippen molar-refractivity contribution in [2.75, 3.05) is 31.1 Å². The van der Waals surface area contributed by atoms with E-state index in [1.54, 1.807) is 6.07 Å². The van der Waals surface area contributed by atoms with E-state index < -0.39 is 0 Å². The van der Waals surface area contributed by atoms with E-state index in [0.717, 1.165) is 26.2 Å². The van der Waals surface area contributed by atoms with Gasteiger partial charge < -0.3 is 10.6 Å². The third-order valence-electron chi connectivity index (χ3n) is 3.47. The number of para-hydroxylation sites is 1. The first-order valence-corrected chi connectivity index (χ1v) is 6.53. The molecule has 0 aliphatic carbocycles. The van der Waals surface area contributed by atoms with Gasteiger partial charge in [-0.2, -0.15) is 0 Å². The van der Waals surface area contributed by atoms with Crippen LogP contribution in [-0.4, -0.2) is 42.1 Å². The molecule has 1 fully saturated rings. The van der Waals surface area contributed by atoms with E-state index in [-0.39, 0.29) is 11.9 Å². The quantitative estimate of drug-likeness (QED) is 0.844. The third kappa shape index (κ3) is 2.79. The minimum absolute atomic E-state index is 0.114. The van der Waals surface area contributed by atoms with Crippen molar-refractivity contribution in [1.29, 1.82) is 0 Å². The van der Waals surface area contributed by atoms with Crippen LogP contribution in [0, 0.1) is 5.82 Å². The molecular weight excluding hydrogens is 249 g/mol. The molecule has 98 valence electrons. The van der Waals surface area contributed by atoms with E-state index >= 15 is 0 Å². The number of nitrogens with zero attached hydrogens (tertiary/aromatic N) is 2. The van der Waals surface area contributed by atoms with E-state index in [0.29, 0.717) is 10.7 Å².